The van der Waals surface area contributed by atoms with Gasteiger partial charge in [-0.25, -0.2) is 22.0 Å². The van der Waals surface area contributed by atoms with Crippen LogP contribution in [0.5, 0.6) is 0 Å². The molecule has 0 aromatic heterocycles. The third kappa shape index (κ3) is 4.98. The summed E-state index contributed by atoms with van der Waals surface area (Å²) >= 11 is 0. The van der Waals surface area contributed by atoms with Crippen molar-refractivity contribution in [1.82, 2.24) is 0 Å². The van der Waals surface area contributed by atoms with E-state index >= 15 is 0 Å². The third-order valence-electron chi connectivity index (χ3n) is 6.16. The number of benzene rings is 4. The van der Waals surface area contributed by atoms with E-state index in [-0.39, 0.29) is 16.5 Å². The molecule has 0 amide bonds. The van der Waals surface area contributed by atoms with Crippen LogP contribution in [0.25, 0.3) is 33.0 Å². The number of halogens is 5. The molecule has 4 aromatic carbocycles. The number of aryl methyl sites for hydroxylation is 1. The Morgan fingerprint density at radius 1 is 0.559 bits per heavy atom. The van der Waals surface area contributed by atoms with Crippen molar-refractivity contribution in [3.05, 3.63) is 95.3 Å². The van der Waals surface area contributed by atoms with Crippen molar-refractivity contribution < 1.29 is 22.0 Å². The molecule has 0 nitrogen and oxygen atoms in total. The number of fused-ring (bicyclic) bond motifs is 1. The van der Waals surface area contributed by atoms with Crippen LogP contribution in [0.3, 0.4) is 0 Å². The SMILES string of the molecule is CCCCCCCc1ccc(-c2ccc(-c3cc(F)c4c(F)c(F)c(F)cc4c3)c(F)c2)cc1. The molecule has 0 N–H and O–H groups in total. The van der Waals surface area contributed by atoms with Crippen LogP contribution in [0.15, 0.2) is 60.7 Å². The Labute approximate surface area is 196 Å². The molecule has 34 heavy (non-hydrogen) atoms. The molecule has 0 saturated carbocycles. The lowest BCUT2D eigenvalue weighted by Gasteiger charge is -2.10. The first-order chi connectivity index (χ1) is 16.4. The Morgan fingerprint density at radius 2 is 1.24 bits per heavy atom. The summed E-state index contributed by atoms with van der Waals surface area (Å²) in [5, 5.41) is -0.842. The van der Waals surface area contributed by atoms with E-state index < -0.39 is 34.5 Å². The maximum atomic E-state index is 15.0. The van der Waals surface area contributed by atoms with E-state index in [1.165, 1.54) is 49.4 Å². The average molecular weight is 469 g/mol. The zero-order valence-electron chi connectivity index (χ0n) is 18.9. The predicted octanol–water partition coefficient (Wildman–Crippen LogP) is 9.38. The molecule has 0 radical (unpaired) electrons. The minimum atomic E-state index is -1.74. The normalized spacial score (nSPS) is 11.4. The topological polar surface area (TPSA) is 0 Å². The van der Waals surface area contributed by atoms with Gasteiger partial charge in [0.2, 0.25) is 0 Å². The molecule has 0 unspecified atom stereocenters. The highest BCUT2D eigenvalue weighted by Crippen LogP contribution is 2.33. The Morgan fingerprint density at radius 3 is 1.94 bits per heavy atom. The van der Waals surface area contributed by atoms with Gasteiger partial charge in [-0.1, -0.05) is 69.0 Å². The van der Waals surface area contributed by atoms with Gasteiger partial charge < -0.3 is 0 Å². The van der Waals surface area contributed by atoms with Gasteiger partial charge in [0.1, 0.15) is 11.6 Å². The number of hydrogen-bond acceptors (Lipinski definition) is 0. The van der Waals surface area contributed by atoms with Crippen molar-refractivity contribution in [2.45, 2.75) is 45.4 Å². The van der Waals surface area contributed by atoms with Gasteiger partial charge >= 0.3 is 0 Å². The molecule has 4 rings (SSSR count). The van der Waals surface area contributed by atoms with Gasteiger partial charge in [0.25, 0.3) is 0 Å². The van der Waals surface area contributed by atoms with Crippen LogP contribution < -0.4 is 0 Å². The van der Waals surface area contributed by atoms with Crippen LogP contribution in [0, 0.1) is 29.1 Å². The number of hydrogen-bond donors (Lipinski definition) is 0. The van der Waals surface area contributed by atoms with Crippen molar-refractivity contribution in [3.63, 3.8) is 0 Å². The molecule has 0 saturated heterocycles. The second kappa shape index (κ2) is 10.4. The lowest BCUT2D eigenvalue weighted by atomic mass is 9.96. The van der Waals surface area contributed by atoms with Crippen LogP contribution in [0.1, 0.15) is 44.6 Å². The smallest absolute Gasteiger partial charge is 0.195 e. The molecule has 0 aliphatic carbocycles. The van der Waals surface area contributed by atoms with E-state index in [1.54, 1.807) is 6.07 Å². The largest absolute Gasteiger partial charge is 0.206 e. The highest BCUT2D eigenvalue weighted by Gasteiger charge is 2.19. The first-order valence-corrected chi connectivity index (χ1v) is 11.5. The zero-order chi connectivity index (χ0) is 24.2. The zero-order valence-corrected chi connectivity index (χ0v) is 18.9. The molecular weight excluding hydrogens is 443 g/mol. The van der Waals surface area contributed by atoms with E-state index in [9.17, 15) is 22.0 Å². The van der Waals surface area contributed by atoms with Gasteiger partial charge in [0, 0.05) is 5.56 Å². The number of rotatable bonds is 8. The van der Waals surface area contributed by atoms with Crippen molar-refractivity contribution in [2.24, 2.45) is 0 Å². The summed E-state index contributed by atoms with van der Waals surface area (Å²) in [5.41, 5.74) is 2.94. The molecule has 0 aliphatic rings. The molecule has 176 valence electrons. The van der Waals surface area contributed by atoms with Gasteiger partial charge in [-0.2, -0.15) is 0 Å². The molecule has 4 aromatic rings. The molecular formula is C29H25F5. The summed E-state index contributed by atoms with van der Waals surface area (Å²) in [5.74, 6) is -6.45. The standard InChI is InChI=1S/C29H25F5/c1-2-3-4-5-6-7-18-8-10-19(11-9-18)20-12-13-23(24(30)15-20)21-14-22-17-26(32)28(33)29(34)27(22)25(31)16-21/h8-17H,2-7H2,1H3. The van der Waals surface area contributed by atoms with E-state index in [1.807, 2.05) is 24.3 Å². The molecule has 0 atom stereocenters. The summed E-state index contributed by atoms with van der Waals surface area (Å²) < 4.78 is 70.6. The van der Waals surface area contributed by atoms with E-state index in [0.717, 1.165) is 24.5 Å². The fourth-order valence-electron chi connectivity index (χ4n) is 4.27. The lowest BCUT2D eigenvalue weighted by Crippen LogP contribution is -1.96. The first-order valence-electron chi connectivity index (χ1n) is 11.5. The lowest BCUT2D eigenvalue weighted by molar-refractivity contribution is 0.451. The summed E-state index contributed by atoms with van der Waals surface area (Å²) in [6, 6.07) is 15.4. The Bertz CT molecular complexity index is 1310. The second-order valence-corrected chi connectivity index (χ2v) is 8.60. The van der Waals surface area contributed by atoms with E-state index in [2.05, 4.69) is 6.92 Å². The number of unbranched alkanes of at least 4 members (excludes halogenated alkanes) is 4. The fourth-order valence-corrected chi connectivity index (χ4v) is 4.27. The Balaban J connectivity index is 1.57. The average Bonchev–Trinajstić information content (AvgIpc) is 2.82. The summed E-state index contributed by atoms with van der Waals surface area (Å²) in [7, 11) is 0. The summed E-state index contributed by atoms with van der Waals surface area (Å²) in [4.78, 5) is 0. The predicted molar refractivity (Wildman–Crippen MR) is 127 cm³/mol. The van der Waals surface area contributed by atoms with Gasteiger partial charge in [0.15, 0.2) is 17.5 Å². The minimum Gasteiger partial charge on any atom is -0.206 e. The van der Waals surface area contributed by atoms with Gasteiger partial charge in [-0.05, 0) is 64.7 Å². The molecule has 5 heteroatoms. The molecule has 0 aliphatic heterocycles. The monoisotopic (exact) mass is 468 g/mol. The summed E-state index contributed by atoms with van der Waals surface area (Å²) in [6.45, 7) is 2.19. The van der Waals surface area contributed by atoms with Crippen LogP contribution in [-0.2, 0) is 6.42 Å². The Hall–Kier alpha value is -3.21. The van der Waals surface area contributed by atoms with Crippen molar-refractivity contribution >= 4 is 10.8 Å². The van der Waals surface area contributed by atoms with E-state index in [0.29, 0.717) is 11.6 Å². The van der Waals surface area contributed by atoms with Gasteiger partial charge in [-0.3, -0.25) is 0 Å². The molecule has 0 spiro atoms. The third-order valence-corrected chi connectivity index (χ3v) is 6.16. The van der Waals surface area contributed by atoms with Crippen LogP contribution >= 0.6 is 0 Å². The van der Waals surface area contributed by atoms with Crippen molar-refractivity contribution in [1.29, 1.82) is 0 Å². The second-order valence-electron chi connectivity index (χ2n) is 8.60. The maximum absolute atomic E-state index is 15.0. The van der Waals surface area contributed by atoms with Crippen molar-refractivity contribution in [2.75, 3.05) is 0 Å². The van der Waals surface area contributed by atoms with Gasteiger partial charge in [-0.15, -0.1) is 0 Å². The highest BCUT2D eigenvalue weighted by atomic mass is 19.2. The van der Waals surface area contributed by atoms with Crippen molar-refractivity contribution in [3.8, 4) is 22.3 Å². The quantitative estimate of drug-likeness (QED) is 0.137. The fraction of sp³-hybridized carbons (Fsp3) is 0.241. The molecule has 0 bridgehead atoms. The first kappa shape index (κ1) is 23.9. The van der Waals surface area contributed by atoms with Crippen LogP contribution in [0.2, 0.25) is 0 Å². The summed E-state index contributed by atoms with van der Waals surface area (Å²) in [6.07, 6.45) is 7.10. The van der Waals surface area contributed by atoms with E-state index in [4.69, 9.17) is 0 Å². The maximum Gasteiger partial charge on any atom is 0.195 e. The molecule has 0 fully saturated rings. The highest BCUT2D eigenvalue weighted by molar-refractivity contribution is 5.89. The van der Waals surface area contributed by atoms with Gasteiger partial charge in [0.05, 0.1) is 5.39 Å². The molecule has 0 heterocycles. The minimum absolute atomic E-state index is 0.0818. The van der Waals surface area contributed by atoms with Crippen LogP contribution in [0.4, 0.5) is 22.0 Å². The Kier molecular flexibility index (Phi) is 7.30. The van der Waals surface area contributed by atoms with Crippen LogP contribution in [-0.4, -0.2) is 0 Å².